The standard InChI is InChI=1S/C16H22O/c1-2-3-5-13-16(17)14-9-8-12-15-10-6-4-7-11-15/h4,6-12,14,16-17H,2-3,5,13H2,1H3/b12-8+,14-9+. The molecular formula is C16H22O. The van der Waals surface area contributed by atoms with Gasteiger partial charge in [-0.1, -0.05) is 80.8 Å². The molecule has 0 saturated heterocycles. The van der Waals surface area contributed by atoms with Gasteiger partial charge in [0.15, 0.2) is 0 Å². The largest absolute Gasteiger partial charge is 0.389 e. The van der Waals surface area contributed by atoms with Gasteiger partial charge in [0.2, 0.25) is 0 Å². The Labute approximate surface area is 104 Å². The lowest BCUT2D eigenvalue weighted by atomic mass is 10.1. The van der Waals surface area contributed by atoms with Crippen molar-refractivity contribution in [1.29, 1.82) is 0 Å². The van der Waals surface area contributed by atoms with Crippen LogP contribution in [0.3, 0.4) is 0 Å². The highest BCUT2D eigenvalue weighted by molar-refractivity contribution is 5.50. The van der Waals surface area contributed by atoms with Gasteiger partial charge in [-0.3, -0.25) is 0 Å². The number of hydrogen-bond donors (Lipinski definition) is 1. The molecule has 1 aromatic carbocycles. The molecule has 1 N–H and O–H groups in total. The molecule has 0 radical (unpaired) electrons. The highest BCUT2D eigenvalue weighted by Gasteiger charge is 1.96. The van der Waals surface area contributed by atoms with Crippen molar-refractivity contribution in [3.05, 3.63) is 54.1 Å². The normalized spacial score (nSPS) is 13.5. The Bertz CT molecular complexity index is 338. The van der Waals surface area contributed by atoms with Crippen LogP contribution >= 0.6 is 0 Å². The van der Waals surface area contributed by atoms with E-state index in [1.165, 1.54) is 18.4 Å². The molecule has 1 nitrogen and oxygen atoms in total. The molecule has 1 unspecified atom stereocenters. The summed E-state index contributed by atoms with van der Waals surface area (Å²) in [6.45, 7) is 2.17. The summed E-state index contributed by atoms with van der Waals surface area (Å²) in [6.07, 6.45) is 11.8. The highest BCUT2D eigenvalue weighted by Crippen LogP contribution is 2.05. The van der Waals surface area contributed by atoms with E-state index >= 15 is 0 Å². The second-order valence-corrected chi connectivity index (χ2v) is 4.22. The van der Waals surface area contributed by atoms with Gasteiger partial charge in [0, 0.05) is 0 Å². The Morgan fingerprint density at radius 2 is 1.88 bits per heavy atom. The van der Waals surface area contributed by atoms with Crippen LogP contribution in [0.4, 0.5) is 0 Å². The van der Waals surface area contributed by atoms with E-state index in [0.29, 0.717) is 0 Å². The molecule has 92 valence electrons. The van der Waals surface area contributed by atoms with Crippen LogP contribution in [0.25, 0.3) is 6.08 Å². The number of hydrogen-bond acceptors (Lipinski definition) is 1. The molecule has 0 fully saturated rings. The second kappa shape index (κ2) is 8.77. The van der Waals surface area contributed by atoms with Crippen LogP contribution in [-0.2, 0) is 0 Å². The minimum Gasteiger partial charge on any atom is -0.389 e. The second-order valence-electron chi connectivity index (χ2n) is 4.22. The van der Waals surface area contributed by atoms with Crippen LogP contribution in [0, 0.1) is 0 Å². The molecule has 0 aromatic heterocycles. The van der Waals surface area contributed by atoms with Crippen LogP contribution in [0.15, 0.2) is 48.6 Å². The maximum absolute atomic E-state index is 9.65. The number of rotatable bonds is 7. The van der Waals surface area contributed by atoms with Crippen LogP contribution in [0.5, 0.6) is 0 Å². The zero-order valence-corrected chi connectivity index (χ0v) is 10.5. The molecule has 1 atom stereocenters. The first-order valence-electron chi connectivity index (χ1n) is 6.41. The first-order valence-corrected chi connectivity index (χ1v) is 6.41. The summed E-state index contributed by atoms with van der Waals surface area (Å²) in [5.41, 5.74) is 1.18. The maximum atomic E-state index is 9.65. The lowest BCUT2D eigenvalue weighted by Crippen LogP contribution is -2.00. The summed E-state index contributed by atoms with van der Waals surface area (Å²) < 4.78 is 0. The maximum Gasteiger partial charge on any atom is 0.0723 e. The number of aliphatic hydroxyl groups excluding tert-OH is 1. The molecule has 1 aromatic rings. The van der Waals surface area contributed by atoms with Gasteiger partial charge in [-0.25, -0.2) is 0 Å². The van der Waals surface area contributed by atoms with E-state index in [4.69, 9.17) is 0 Å². The molecule has 1 heteroatoms. The third kappa shape index (κ3) is 6.75. The van der Waals surface area contributed by atoms with Crippen molar-refractivity contribution in [2.75, 3.05) is 0 Å². The molecule has 17 heavy (non-hydrogen) atoms. The van der Waals surface area contributed by atoms with E-state index in [1.807, 2.05) is 42.5 Å². The fourth-order valence-electron chi connectivity index (χ4n) is 1.62. The van der Waals surface area contributed by atoms with Crippen LogP contribution < -0.4 is 0 Å². The highest BCUT2D eigenvalue weighted by atomic mass is 16.3. The summed E-state index contributed by atoms with van der Waals surface area (Å²) in [6, 6.07) is 10.2. The van der Waals surface area contributed by atoms with Gasteiger partial charge in [0.25, 0.3) is 0 Å². The Morgan fingerprint density at radius 1 is 1.12 bits per heavy atom. The Kier molecular flexibility index (Phi) is 7.08. The van der Waals surface area contributed by atoms with E-state index in [1.54, 1.807) is 0 Å². The van der Waals surface area contributed by atoms with E-state index in [0.717, 1.165) is 12.8 Å². The van der Waals surface area contributed by atoms with E-state index in [2.05, 4.69) is 19.1 Å². The molecular weight excluding hydrogens is 208 g/mol. The minimum absolute atomic E-state index is 0.304. The minimum atomic E-state index is -0.304. The number of benzene rings is 1. The summed E-state index contributed by atoms with van der Waals surface area (Å²) in [4.78, 5) is 0. The van der Waals surface area contributed by atoms with Gasteiger partial charge in [-0.15, -0.1) is 0 Å². The van der Waals surface area contributed by atoms with E-state index < -0.39 is 0 Å². The number of unbranched alkanes of at least 4 members (excludes halogenated alkanes) is 2. The lowest BCUT2D eigenvalue weighted by molar-refractivity contribution is 0.208. The zero-order chi connectivity index (χ0) is 12.3. The summed E-state index contributed by atoms with van der Waals surface area (Å²) >= 11 is 0. The van der Waals surface area contributed by atoms with E-state index in [9.17, 15) is 5.11 Å². The Balaban J connectivity index is 2.27. The summed E-state index contributed by atoms with van der Waals surface area (Å²) in [5, 5.41) is 9.65. The third-order valence-corrected chi connectivity index (χ3v) is 2.64. The molecule has 0 heterocycles. The van der Waals surface area contributed by atoms with Gasteiger partial charge in [-0.05, 0) is 12.0 Å². The molecule has 1 rings (SSSR count). The molecule has 0 aliphatic carbocycles. The van der Waals surface area contributed by atoms with Crippen LogP contribution in [0.2, 0.25) is 0 Å². The van der Waals surface area contributed by atoms with Crippen molar-refractivity contribution < 1.29 is 5.11 Å². The predicted molar refractivity (Wildman–Crippen MR) is 74.8 cm³/mol. The van der Waals surface area contributed by atoms with Crippen molar-refractivity contribution in [2.45, 2.75) is 38.7 Å². The van der Waals surface area contributed by atoms with E-state index in [-0.39, 0.29) is 6.10 Å². The van der Waals surface area contributed by atoms with Gasteiger partial charge in [0.05, 0.1) is 6.10 Å². The number of allylic oxidation sites excluding steroid dienone is 2. The van der Waals surface area contributed by atoms with Crippen LogP contribution in [-0.4, -0.2) is 11.2 Å². The van der Waals surface area contributed by atoms with Crippen molar-refractivity contribution >= 4 is 6.08 Å². The predicted octanol–water partition coefficient (Wildman–Crippen LogP) is 4.20. The average Bonchev–Trinajstić information content (AvgIpc) is 2.36. The van der Waals surface area contributed by atoms with Gasteiger partial charge >= 0.3 is 0 Å². The van der Waals surface area contributed by atoms with Crippen molar-refractivity contribution in [3.8, 4) is 0 Å². The molecule has 0 amide bonds. The van der Waals surface area contributed by atoms with Crippen molar-refractivity contribution in [3.63, 3.8) is 0 Å². The lowest BCUT2D eigenvalue weighted by Gasteiger charge is -2.03. The quantitative estimate of drug-likeness (QED) is 0.550. The molecule has 0 saturated carbocycles. The van der Waals surface area contributed by atoms with Crippen molar-refractivity contribution in [2.24, 2.45) is 0 Å². The molecule has 0 bridgehead atoms. The molecule has 0 aliphatic rings. The van der Waals surface area contributed by atoms with Crippen molar-refractivity contribution in [1.82, 2.24) is 0 Å². The zero-order valence-electron chi connectivity index (χ0n) is 10.5. The molecule has 0 spiro atoms. The van der Waals surface area contributed by atoms with Gasteiger partial charge in [0.1, 0.15) is 0 Å². The Hall–Kier alpha value is -1.34. The monoisotopic (exact) mass is 230 g/mol. The fourth-order valence-corrected chi connectivity index (χ4v) is 1.62. The first-order chi connectivity index (χ1) is 8.33. The molecule has 0 aliphatic heterocycles. The van der Waals surface area contributed by atoms with Gasteiger partial charge in [-0.2, -0.15) is 0 Å². The van der Waals surface area contributed by atoms with Gasteiger partial charge < -0.3 is 5.11 Å². The van der Waals surface area contributed by atoms with Crippen LogP contribution in [0.1, 0.15) is 38.2 Å². The summed E-state index contributed by atoms with van der Waals surface area (Å²) in [7, 11) is 0. The topological polar surface area (TPSA) is 20.2 Å². The third-order valence-electron chi connectivity index (χ3n) is 2.64. The number of aliphatic hydroxyl groups is 1. The first kappa shape index (κ1) is 13.7. The SMILES string of the molecule is CCCCCC(O)/C=C/C=C/c1ccccc1. The average molecular weight is 230 g/mol. The summed E-state index contributed by atoms with van der Waals surface area (Å²) in [5.74, 6) is 0. The Morgan fingerprint density at radius 3 is 2.59 bits per heavy atom. The smallest absolute Gasteiger partial charge is 0.0723 e. The fraction of sp³-hybridized carbons (Fsp3) is 0.375.